The van der Waals surface area contributed by atoms with Gasteiger partial charge >= 0.3 is 0 Å². The summed E-state index contributed by atoms with van der Waals surface area (Å²) in [6.07, 6.45) is 2.85. The fourth-order valence-corrected chi connectivity index (χ4v) is 2.61. The Kier molecular flexibility index (Phi) is 3.49. The van der Waals surface area contributed by atoms with E-state index in [0.29, 0.717) is 12.0 Å². The van der Waals surface area contributed by atoms with Gasteiger partial charge in [0.05, 0.1) is 17.3 Å². The van der Waals surface area contributed by atoms with Crippen molar-refractivity contribution in [2.45, 2.75) is 25.9 Å². The van der Waals surface area contributed by atoms with E-state index >= 15 is 0 Å². The maximum Gasteiger partial charge on any atom is 0.131 e. The van der Waals surface area contributed by atoms with Crippen LogP contribution in [0.5, 0.6) is 0 Å². The number of nitrogens with zero attached hydrogens (tertiary/aromatic N) is 1. The fraction of sp³-hybridized carbons (Fsp3) is 0.636. The number of likely N-dealkylation sites (tertiary alicyclic amines) is 1. The normalized spacial score (nSPS) is 28.2. The summed E-state index contributed by atoms with van der Waals surface area (Å²) in [5.41, 5.74) is 6.00. The lowest BCUT2D eigenvalue weighted by molar-refractivity contribution is 0.148. The average Bonchev–Trinajstić information content (AvgIpc) is 2.50. The topological polar surface area (TPSA) is 42.4 Å². The third kappa shape index (κ3) is 2.83. The molecule has 2 N–H and O–H groups in total. The molecule has 0 aromatic carbocycles. The Morgan fingerprint density at radius 2 is 2.40 bits per heavy atom. The Labute approximate surface area is 98.7 Å². The first kappa shape index (κ1) is 11.2. The second-order valence-electron chi connectivity index (χ2n) is 4.49. The quantitative estimate of drug-likeness (QED) is 0.898. The average molecular weight is 273 g/mol. The van der Waals surface area contributed by atoms with Crippen molar-refractivity contribution in [3.05, 3.63) is 22.6 Å². The van der Waals surface area contributed by atoms with Crippen molar-refractivity contribution in [1.82, 2.24) is 4.90 Å². The molecule has 2 atom stereocenters. The standard InChI is InChI=1S/C11H17BrN2O/c1-8-4-9(13)6-14(5-8)7-11-10(12)2-3-15-11/h2-3,8-9H,4-7,13H2,1H3. The molecule has 1 fully saturated rings. The number of rotatable bonds is 2. The van der Waals surface area contributed by atoms with E-state index in [4.69, 9.17) is 10.2 Å². The minimum atomic E-state index is 0.308. The molecular weight excluding hydrogens is 256 g/mol. The zero-order valence-corrected chi connectivity index (χ0v) is 10.5. The van der Waals surface area contributed by atoms with E-state index in [-0.39, 0.29) is 0 Å². The predicted molar refractivity (Wildman–Crippen MR) is 63.4 cm³/mol. The first-order valence-corrected chi connectivity index (χ1v) is 6.14. The summed E-state index contributed by atoms with van der Waals surface area (Å²) in [6.45, 7) is 5.19. The highest BCUT2D eigenvalue weighted by Crippen LogP contribution is 2.22. The highest BCUT2D eigenvalue weighted by Gasteiger charge is 2.23. The van der Waals surface area contributed by atoms with Gasteiger partial charge in [0, 0.05) is 19.1 Å². The van der Waals surface area contributed by atoms with E-state index in [2.05, 4.69) is 27.8 Å². The second kappa shape index (κ2) is 4.68. The van der Waals surface area contributed by atoms with Gasteiger partial charge in [-0.05, 0) is 34.3 Å². The van der Waals surface area contributed by atoms with Crippen molar-refractivity contribution in [3.63, 3.8) is 0 Å². The Morgan fingerprint density at radius 3 is 3.00 bits per heavy atom. The summed E-state index contributed by atoms with van der Waals surface area (Å²) in [5.74, 6) is 1.68. The molecule has 1 aromatic heterocycles. The summed E-state index contributed by atoms with van der Waals surface area (Å²) in [7, 11) is 0. The van der Waals surface area contributed by atoms with Crippen molar-refractivity contribution in [2.75, 3.05) is 13.1 Å². The molecule has 1 aliphatic heterocycles. The van der Waals surface area contributed by atoms with Crippen molar-refractivity contribution >= 4 is 15.9 Å². The van der Waals surface area contributed by atoms with Gasteiger partial charge in [-0.25, -0.2) is 0 Å². The Bertz CT molecular complexity index is 316. The second-order valence-corrected chi connectivity index (χ2v) is 5.34. The molecular formula is C11H17BrN2O. The lowest BCUT2D eigenvalue weighted by Gasteiger charge is -2.34. The largest absolute Gasteiger partial charge is 0.467 e. The molecule has 3 nitrogen and oxygen atoms in total. The highest BCUT2D eigenvalue weighted by atomic mass is 79.9. The van der Waals surface area contributed by atoms with Gasteiger partial charge < -0.3 is 10.2 Å². The minimum Gasteiger partial charge on any atom is -0.467 e. The Balaban J connectivity index is 1.97. The molecule has 0 spiro atoms. The molecule has 2 unspecified atom stereocenters. The molecule has 0 saturated carbocycles. The molecule has 2 heterocycles. The minimum absolute atomic E-state index is 0.308. The predicted octanol–water partition coefficient (Wildman–Crippen LogP) is 2.21. The zero-order valence-electron chi connectivity index (χ0n) is 8.95. The van der Waals surface area contributed by atoms with Gasteiger partial charge in [0.1, 0.15) is 5.76 Å². The van der Waals surface area contributed by atoms with Crippen LogP contribution in [0.15, 0.2) is 21.2 Å². The molecule has 0 radical (unpaired) electrons. The van der Waals surface area contributed by atoms with Crippen LogP contribution >= 0.6 is 15.9 Å². The van der Waals surface area contributed by atoms with E-state index < -0.39 is 0 Å². The van der Waals surface area contributed by atoms with Crippen LogP contribution < -0.4 is 5.73 Å². The number of nitrogens with two attached hydrogens (primary N) is 1. The molecule has 0 aliphatic carbocycles. The molecule has 4 heteroatoms. The van der Waals surface area contributed by atoms with E-state index in [1.165, 1.54) is 0 Å². The monoisotopic (exact) mass is 272 g/mol. The molecule has 15 heavy (non-hydrogen) atoms. The molecule has 84 valence electrons. The van der Waals surface area contributed by atoms with Crippen LogP contribution in [0, 0.1) is 5.92 Å². The van der Waals surface area contributed by atoms with E-state index in [1.54, 1.807) is 6.26 Å². The smallest absolute Gasteiger partial charge is 0.131 e. The third-order valence-corrected chi connectivity index (χ3v) is 3.53. The maximum atomic E-state index is 6.00. The first-order chi connectivity index (χ1) is 7.15. The number of piperidine rings is 1. The Morgan fingerprint density at radius 1 is 1.60 bits per heavy atom. The van der Waals surface area contributed by atoms with E-state index in [9.17, 15) is 0 Å². The highest BCUT2D eigenvalue weighted by molar-refractivity contribution is 9.10. The van der Waals surface area contributed by atoms with Gasteiger partial charge in [-0.1, -0.05) is 6.92 Å². The number of halogens is 1. The van der Waals surface area contributed by atoms with Crippen LogP contribution in [0.3, 0.4) is 0 Å². The summed E-state index contributed by atoms with van der Waals surface area (Å²) in [4.78, 5) is 2.36. The number of hydrogen-bond donors (Lipinski definition) is 1. The van der Waals surface area contributed by atoms with Crippen LogP contribution in [0.1, 0.15) is 19.1 Å². The lowest BCUT2D eigenvalue weighted by Crippen LogP contribution is -2.45. The fourth-order valence-electron chi connectivity index (χ4n) is 2.28. The molecule has 0 bridgehead atoms. The van der Waals surface area contributed by atoms with Crippen molar-refractivity contribution in [3.8, 4) is 0 Å². The zero-order chi connectivity index (χ0) is 10.8. The molecule has 0 amide bonds. The van der Waals surface area contributed by atoms with Crippen LogP contribution in [0.2, 0.25) is 0 Å². The van der Waals surface area contributed by atoms with Gasteiger partial charge in [-0.2, -0.15) is 0 Å². The van der Waals surface area contributed by atoms with Gasteiger partial charge in [0.15, 0.2) is 0 Å². The molecule has 1 aliphatic rings. The van der Waals surface area contributed by atoms with Gasteiger partial charge in [0.2, 0.25) is 0 Å². The van der Waals surface area contributed by atoms with Gasteiger partial charge in [-0.3, -0.25) is 4.90 Å². The summed E-state index contributed by atoms with van der Waals surface area (Å²) >= 11 is 3.47. The molecule has 1 aromatic rings. The lowest BCUT2D eigenvalue weighted by atomic mass is 9.96. The maximum absolute atomic E-state index is 6.00. The summed E-state index contributed by atoms with van der Waals surface area (Å²) < 4.78 is 6.46. The number of furan rings is 1. The summed E-state index contributed by atoms with van der Waals surface area (Å²) in [6, 6.07) is 2.24. The van der Waals surface area contributed by atoms with Crippen molar-refractivity contribution in [2.24, 2.45) is 11.7 Å². The molecule has 1 saturated heterocycles. The van der Waals surface area contributed by atoms with E-state index in [0.717, 1.165) is 36.3 Å². The first-order valence-electron chi connectivity index (χ1n) is 5.35. The van der Waals surface area contributed by atoms with Crippen LogP contribution in [0.4, 0.5) is 0 Å². The van der Waals surface area contributed by atoms with Gasteiger partial charge in [-0.15, -0.1) is 0 Å². The SMILES string of the molecule is CC1CC(N)CN(Cc2occc2Br)C1. The van der Waals surface area contributed by atoms with E-state index in [1.807, 2.05) is 6.07 Å². The van der Waals surface area contributed by atoms with Crippen LogP contribution in [-0.4, -0.2) is 24.0 Å². The molecule has 2 rings (SSSR count). The van der Waals surface area contributed by atoms with Crippen LogP contribution in [0.25, 0.3) is 0 Å². The third-order valence-electron chi connectivity index (χ3n) is 2.83. The van der Waals surface area contributed by atoms with Crippen molar-refractivity contribution < 1.29 is 4.42 Å². The van der Waals surface area contributed by atoms with Crippen molar-refractivity contribution in [1.29, 1.82) is 0 Å². The number of hydrogen-bond acceptors (Lipinski definition) is 3. The van der Waals surface area contributed by atoms with Crippen LogP contribution in [-0.2, 0) is 6.54 Å². The summed E-state index contributed by atoms with van der Waals surface area (Å²) in [5, 5.41) is 0. The Hall–Kier alpha value is -0.320. The van der Waals surface area contributed by atoms with Gasteiger partial charge in [0.25, 0.3) is 0 Å².